The summed E-state index contributed by atoms with van der Waals surface area (Å²) in [6, 6.07) is 6.40. The van der Waals surface area contributed by atoms with E-state index in [4.69, 9.17) is 0 Å². The summed E-state index contributed by atoms with van der Waals surface area (Å²) in [5.41, 5.74) is 0.125. The van der Waals surface area contributed by atoms with E-state index in [2.05, 4.69) is 4.74 Å². The molecule has 0 radical (unpaired) electrons. The van der Waals surface area contributed by atoms with Gasteiger partial charge in [0.05, 0.1) is 11.4 Å². The van der Waals surface area contributed by atoms with Crippen molar-refractivity contribution in [1.82, 2.24) is 4.57 Å². The van der Waals surface area contributed by atoms with E-state index < -0.39 is 41.5 Å². The molecule has 2 N–H and O–H groups in total. The first-order valence-electron chi connectivity index (χ1n) is 8.58. The zero-order valence-electron chi connectivity index (χ0n) is 15.6. The quantitative estimate of drug-likeness (QED) is 0.598. The van der Waals surface area contributed by atoms with Crippen LogP contribution in [0.2, 0.25) is 0 Å². The summed E-state index contributed by atoms with van der Waals surface area (Å²) >= 11 is 0. The molecule has 0 amide bonds. The lowest BCUT2D eigenvalue weighted by Crippen LogP contribution is -2.17. The fourth-order valence-corrected chi connectivity index (χ4v) is 3.32. The topological polar surface area (TPSA) is 88.8 Å². The first kappa shape index (κ1) is 21.2. The van der Waals surface area contributed by atoms with Gasteiger partial charge in [-0.05, 0) is 55.8 Å². The van der Waals surface area contributed by atoms with Crippen LogP contribution in [0.25, 0.3) is 10.9 Å². The molecule has 0 saturated carbocycles. The molecule has 6 nitrogen and oxygen atoms in total. The molecular formula is C20H15F4NO5. The van der Waals surface area contributed by atoms with E-state index >= 15 is 0 Å². The molecule has 0 spiro atoms. The molecule has 0 aliphatic heterocycles. The van der Waals surface area contributed by atoms with Gasteiger partial charge in [-0.1, -0.05) is 0 Å². The Labute approximate surface area is 166 Å². The van der Waals surface area contributed by atoms with Crippen molar-refractivity contribution in [2.75, 3.05) is 0 Å². The van der Waals surface area contributed by atoms with Crippen LogP contribution >= 0.6 is 0 Å². The molecule has 0 aliphatic carbocycles. The van der Waals surface area contributed by atoms with Crippen molar-refractivity contribution in [2.24, 2.45) is 0 Å². The molecule has 0 bridgehead atoms. The standard InChI is InChI=1S/C20H15F4NO5/c1-9(19(28)29)15-10(2)25(13-7-8-14(26)17(21)16(13)15)18(27)11-3-5-12(6-4-11)30-20(22,23)24/h3-9,26H,1-2H3,(H,28,29)/t9-/m0/s1. The lowest BCUT2D eigenvalue weighted by atomic mass is 9.97. The molecule has 0 unspecified atom stereocenters. The van der Waals surface area contributed by atoms with Crippen molar-refractivity contribution in [3.8, 4) is 11.5 Å². The van der Waals surface area contributed by atoms with E-state index in [1.165, 1.54) is 19.9 Å². The van der Waals surface area contributed by atoms with Crippen molar-refractivity contribution in [2.45, 2.75) is 26.1 Å². The SMILES string of the molecule is Cc1c([C@H](C)C(=O)O)c2c(F)c(O)ccc2n1C(=O)c1ccc(OC(F)(F)F)cc1. The first-order valence-corrected chi connectivity index (χ1v) is 8.58. The number of phenolic OH excluding ortho intramolecular Hbond substituents is 1. The Morgan fingerprint density at radius 2 is 1.70 bits per heavy atom. The largest absolute Gasteiger partial charge is 0.573 e. The number of carboxylic acid groups (broad SMARTS) is 1. The van der Waals surface area contributed by atoms with E-state index in [9.17, 15) is 37.4 Å². The average molecular weight is 425 g/mol. The zero-order chi connectivity index (χ0) is 22.4. The highest BCUT2D eigenvalue weighted by atomic mass is 19.4. The number of rotatable bonds is 4. The summed E-state index contributed by atoms with van der Waals surface area (Å²) in [6.45, 7) is 2.73. The maximum atomic E-state index is 14.7. The number of benzene rings is 2. The number of halogens is 4. The second-order valence-electron chi connectivity index (χ2n) is 6.56. The summed E-state index contributed by atoms with van der Waals surface area (Å²) in [7, 11) is 0. The predicted molar refractivity (Wildman–Crippen MR) is 97.2 cm³/mol. The highest BCUT2D eigenvalue weighted by Gasteiger charge is 2.32. The number of fused-ring (bicyclic) bond motifs is 1. The summed E-state index contributed by atoms with van der Waals surface area (Å²) in [6.07, 6.45) is -4.89. The van der Waals surface area contributed by atoms with E-state index in [1.807, 2.05) is 0 Å². The van der Waals surface area contributed by atoms with Gasteiger partial charge >= 0.3 is 12.3 Å². The molecule has 3 aromatic rings. The number of aliphatic carboxylic acids is 1. The minimum Gasteiger partial charge on any atom is -0.505 e. The van der Waals surface area contributed by atoms with E-state index in [0.717, 1.165) is 34.9 Å². The normalized spacial score (nSPS) is 12.7. The van der Waals surface area contributed by atoms with Crippen LogP contribution in [0, 0.1) is 12.7 Å². The van der Waals surface area contributed by atoms with Crippen LogP contribution in [-0.2, 0) is 4.79 Å². The number of phenols is 1. The molecule has 30 heavy (non-hydrogen) atoms. The van der Waals surface area contributed by atoms with Gasteiger partial charge in [0.25, 0.3) is 5.91 Å². The number of aromatic hydroxyl groups is 1. The Morgan fingerprint density at radius 3 is 2.23 bits per heavy atom. The third kappa shape index (κ3) is 3.68. The minimum absolute atomic E-state index is 0.0104. The molecule has 1 aromatic heterocycles. The van der Waals surface area contributed by atoms with Crippen LogP contribution in [0.1, 0.15) is 34.5 Å². The van der Waals surface area contributed by atoms with Crippen molar-refractivity contribution >= 4 is 22.8 Å². The zero-order valence-corrected chi connectivity index (χ0v) is 15.6. The van der Waals surface area contributed by atoms with Crippen molar-refractivity contribution in [1.29, 1.82) is 0 Å². The second kappa shape index (κ2) is 7.36. The Hall–Kier alpha value is -3.56. The molecule has 1 atom stereocenters. The predicted octanol–water partition coefficient (Wildman–Crippen LogP) is 4.57. The molecule has 10 heteroatoms. The fraction of sp³-hybridized carbons (Fsp3) is 0.200. The van der Waals surface area contributed by atoms with Crippen LogP contribution in [0.5, 0.6) is 11.5 Å². The van der Waals surface area contributed by atoms with Crippen LogP contribution in [0.3, 0.4) is 0 Å². The summed E-state index contributed by atoms with van der Waals surface area (Å²) in [5.74, 6) is -5.48. The van der Waals surface area contributed by atoms with Crippen LogP contribution in [-0.4, -0.2) is 33.0 Å². The van der Waals surface area contributed by atoms with Crippen molar-refractivity contribution < 1.29 is 42.1 Å². The number of aromatic nitrogens is 1. The van der Waals surface area contributed by atoms with E-state index in [0.29, 0.717) is 0 Å². The molecule has 0 saturated heterocycles. The monoisotopic (exact) mass is 425 g/mol. The van der Waals surface area contributed by atoms with Gasteiger partial charge in [-0.15, -0.1) is 13.2 Å². The Bertz CT molecular complexity index is 1150. The number of nitrogens with zero attached hydrogens (tertiary/aromatic N) is 1. The van der Waals surface area contributed by atoms with Gasteiger partial charge in [0.2, 0.25) is 0 Å². The maximum absolute atomic E-state index is 14.7. The fourth-order valence-electron chi connectivity index (χ4n) is 3.32. The Kier molecular flexibility index (Phi) is 5.19. The third-order valence-electron chi connectivity index (χ3n) is 4.68. The summed E-state index contributed by atoms with van der Waals surface area (Å²) in [4.78, 5) is 24.6. The van der Waals surface area contributed by atoms with Gasteiger partial charge in [-0.2, -0.15) is 0 Å². The van der Waals surface area contributed by atoms with Crippen LogP contribution in [0.4, 0.5) is 17.6 Å². The number of alkyl halides is 3. The average Bonchev–Trinajstić information content (AvgIpc) is 2.95. The molecule has 1 heterocycles. The smallest absolute Gasteiger partial charge is 0.505 e. The van der Waals surface area contributed by atoms with Gasteiger partial charge in [0.1, 0.15) is 5.75 Å². The van der Waals surface area contributed by atoms with Gasteiger partial charge < -0.3 is 14.9 Å². The molecule has 158 valence electrons. The number of carbonyl (C=O) groups is 2. The number of carboxylic acids is 1. The Balaban J connectivity index is 2.16. The molecule has 3 rings (SSSR count). The highest BCUT2D eigenvalue weighted by Crippen LogP contribution is 2.37. The van der Waals surface area contributed by atoms with Gasteiger partial charge in [0.15, 0.2) is 11.6 Å². The van der Waals surface area contributed by atoms with Crippen molar-refractivity contribution in [3.63, 3.8) is 0 Å². The number of carbonyl (C=O) groups excluding carboxylic acids is 1. The van der Waals surface area contributed by atoms with E-state index in [1.54, 1.807) is 0 Å². The highest BCUT2D eigenvalue weighted by molar-refractivity contribution is 6.05. The number of hydrogen-bond acceptors (Lipinski definition) is 4. The molecule has 0 aliphatic rings. The number of hydrogen-bond donors (Lipinski definition) is 2. The Morgan fingerprint density at radius 1 is 1.10 bits per heavy atom. The first-order chi connectivity index (χ1) is 13.9. The lowest BCUT2D eigenvalue weighted by molar-refractivity contribution is -0.274. The second-order valence-corrected chi connectivity index (χ2v) is 6.56. The molecule has 0 fully saturated rings. The summed E-state index contributed by atoms with van der Waals surface area (Å²) in [5, 5.41) is 18.9. The van der Waals surface area contributed by atoms with Gasteiger partial charge in [-0.25, -0.2) is 4.39 Å². The molecular weight excluding hydrogens is 410 g/mol. The number of ether oxygens (including phenoxy) is 1. The molecule has 2 aromatic carbocycles. The van der Waals surface area contributed by atoms with Crippen LogP contribution < -0.4 is 4.74 Å². The third-order valence-corrected chi connectivity index (χ3v) is 4.68. The minimum atomic E-state index is -4.89. The van der Waals surface area contributed by atoms with E-state index in [-0.39, 0.29) is 27.7 Å². The lowest BCUT2D eigenvalue weighted by Gasteiger charge is -2.11. The summed E-state index contributed by atoms with van der Waals surface area (Å²) < 4.78 is 56.4. The maximum Gasteiger partial charge on any atom is 0.573 e. The van der Waals surface area contributed by atoms with Crippen LogP contribution in [0.15, 0.2) is 36.4 Å². The van der Waals surface area contributed by atoms with Gasteiger partial charge in [0, 0.05) is 16.6 Å². The van der Waals surface area contributed by atoms with Crippen molar-refractivity contribution in [3.05, 3.63) is 59.0 Å². The van der Waals surface area contributed by atoms with Gasteiger partial charge in [-0.3, -0.25) is 14.2 Å².